The third-order valence-corrected chi connectivity index (χ3v) is 3.18. The summed E-state index contributed by atoms with van der Waals surface area (Å²) < 4.78 is 0. The van der Waals surface area contributed by atoms with Gasteiger partial charge in [-0.2, -0.15) is 0 Å². The Morgan fingerprint density at radius 1 is 1.59 bits per heavy atom. The van der Waals surface area contributed by atoms with Crippen LogP contribution in [0.2, 0.25) is 5.02 Å². The second-order valence-electron chi connectivity index (χ2n) is 4.46. The zero-order chi connectivity index (χ0) is 12.4. The van der Waals surface area contributed by atoms with E-state index in [9.17, 15) is 4.79 Å². The second-order valence-corrected chi connectivity index (χ2v) is 4.90. The van der Waals surface area contributed by atoms with Gasteiger partial charge >= 0.3 is 0 Å². The van der Waals surface area contributed by atoms with Gasteiger partial charge in [0.05, 0.1) is 11.3 Å². The number of carbonyl (C=O) groups is 1. The fourth-order valence-corrected chi connectivity index (χ4v) is 1.97. The molecule has 0 saturated heterocycles. The number of benzene rings is 1. The van der Waals surface area contributed by atoms with E-state index >= 15 is 0 Å². The van der Waals surface area contributed by atoms with Gasteiger partial charge in [-0.15, -0.1) is 0 Å². The summed E-state index contributed by atoms with van der Waals surface area (Å²) in [5.74, 6) is 6.00. The average molecular weight is 254 g/mol. The molecular weight excluding hydrogens is 238 g/mol. The molecule has 4 nitrogen and oxygen atoms in total. The number of amides is 1. The maximum atomic E-state index is 12.2. The van der Waals surface area contributed by atoms with Gasteiger partial charge in [0.25, 0.3) is 5.91 Å². The molecule has 0 bridgehead atoms. The Labute approximate surface area is 106 Å². The highest BCUT2D eigenvalue weighted by molar-refractivity contribution is 6.31. The van der Waals surface area contributed by atoms with Gasteiger partial charge in [-0.1, -0.05) is 11.6 Å². The number of nitrogens with two attached hydrogens (primary N) is 1. The van der Waals surface area contributed by atoms with Crippen LogP contribution in [-0.2, 0) is 0 Å². The van der Waals surface area contributed by atoms with E-state index in [4.69, 9.17) is 17.4 Å². The lowest BCUT2D eigenvalue weighted by molar-refractivity contribution is 0.0789. The van der Waals surface area contributed by atoms with Gasteiger partial charge in [-0.25, -0.2) is 0 Å². The number of hydrogen-bond acceptors (Lipinski definition) is 3. The molecule has 1 aromatic rings. The maximum absolute atomic E-state index is 12.2. The lowest BCUT2D eigenvalue weighted by Crippen LogP contribution is -2.29. The standard InChI is InChI=1S/C12H16ClN3O/c1-16(7-8-2-3-8)12(17)10-6-9(13)4-5-11(10)15-14/h4-6,8,15H,2-3,7,14H2,1H3. The van der Waals surface area contributed by atoms with Crippen molar-refractivity contribution < 1.29 is 4.79 Å². The molecule has 1 saturated carbocycles. The highest BCUT2D eigenvalue weighted by Crippen LogP contribution is 2.30. The summed E-state index contributed by atoms with van der Waals surface area (Å²) in [6.07, 6.45) is 2.43. The summed E-state index contributed by atoms with van der Waals surface area (Å²) in [5, 5.41) is 0.534. The van der Waals surface area contributed by atoms with E-state index in [1.165, 1.54) is 12.8 Å². The number of hydrazine groups is 1. The number of nitrogens with zero attached hydrogens (tertiary/aromatic N) is 1. The van der Waals surface area contributed by atoms with Gasteiger partial charge in [0.15, 0.2) is 0 Å². The predicted molar refractivity (Wildman–Crippen MR) is 68.9 cm³/mol. The Hall–Kier alpha value is -1.26. The minimum absolute atomic E-state index is 0.0487. The SMILES string of the molecule is CN(CC1CC1)C(=O)c1cc(Cl)ccc1NN. The lowest BCUT2D eigenvalue weighted by atomic mass is 10.1. The van der Waals surface area contributed by atoms with Gasteiger partial charge in [0.2, 0.25) is 0 Å². The molecule has 5 heteroatoms. The smallest absolute Gasteiger partial charge is 0.255 e. The lowest BCUT2D eigenvalue weighted by Gasteiger charge is -2.18. The Morgan fingerprint density at radius 3 is 2.88 bits per heavy atom. The molecule has 1 amide bonds. The van der Waals surface area contributed by atoms with E-state index in [1.54, 1.807) is 23.1 Å². The van der Waals surface area contributed by atoms with E-state index in [1.807, 2.05) is 7.05 Å². The number of halogens is 1. The van der Waals surface area contributed by atoms with Gasteiger partial charge in [0, 0.05) is 18.6 Å². The summed E-state index contributed by atoms with van der Waals surface area (Å²) in [6, 6.07) is 5.05. The first-order valence-corrected chi connectivity index (χ1v) is 6.01. The molecule has 0 atom stereocenters. The van der Waals surface area contributed by atoms with Crippen LogP contribution in [0.4, 0.5) is 5.69 Å². The molecule has 1 aliphatic rings. The minimum atomic E-state index is -0.0487. The fourth-order valence-electron chi connectivity index (χ4n) is 1.80. The summed E-state index contributed by atoms with van der Waals surface area (Å²) in [4.78, 5) is 13.9. The Balaban J connectivity index is 2.18. The van der Waals surface area contributed by atoms with E-state index in [0.717, 1.165) is 6.54 Å². The Kier molecular flexibility index (Phi) is 3.54. The monoisotopic (exact) mass is 253 g/mol. The van der Waals surface area contributed by atoms with Crippen LogP contribution in [0.25, 0.3) is 0 Å². The van der Waals surface area contributed by atoms with Crippen molar-refractivity contribution in [1.82, 2.24) is 4.90 Å². The third-order valence-electron chi connectivity index (χ3n) is 2.94. The largest absolute Gasteiger partial charge is 0.341 e. The summed E-state index contributed by atoms with van der Waals surface area (Å²) in [7, 11) is 1.81. The first-order chi connectivity index (χ1) is 8.11. The Morgan fingerprint density at radius 2 is 2.29 bits per heavy atom. The quantitative estimate of drug-likeness (QED) is 0.638. The molecule has 92 valence electrons. The molecule has 3 N–H and O–H groups in total. The number of anilines is 1. The molecule has 1 fully saturated rings. The molecule has 0 aromatic heterocycles. The number of nitrogen functional groups attached to an aromatic ring is 1. The van der Waals surface area contributed by atoms with Crippen molar-refractivity contribution in [3.8, 4) is 0 Å². The summed E-state index contributed by atoms with van der Waals surface area (Å²) >= 11 is 5.90. The number of rotatable bonds is 4. The van der Waals surface area contributed by atoms with Crippen molar-refractivity contribution in [3.63, 3.8) is 0 Å². The van der Waals surface area contributed by atoms with Gasteiger partial charge < -0.3 is 10.3 Å². The van der Waals surface area contributed by atoms with E-state index in [-0.39, 0.29) is 5.91 Å². The van der Waals surface area contributed by atoms with Crippen molar-refractivity contribution in [3.05, 3.63) is 28.8 Å². The van der Waals surface area contributed by atoms with Crippen LogP contribution < -0.4 is 11.3 Å². The normalized spacial score (nSPS) is 14.5. The van der Waals surface area contributed by atoms with E-state index < -0.39 is 0 Å². The van der Waals surface area contributed by atoms with Crippen LogP contribution in [0.1, 0.15) is 23.2 Å². The molecule has 1 aliphatic carbocycles. The molecule has 0 radical (unpaired) electrons. The molecule has 1 aromatic carbocycles. The topological polar surface area (TPSA) is 58.4 Å². The molecule has 0 unspecified atom stereocenters. The van der Waals surface area contributed by atoms with Crippen molar-refractivity contribution in [2.45, 2.75) is 12.8 Å². The predicted octanol–water partition coefficient (Wildman–Crippen LogP) is 2.11. The zero-order valence-corrected chi connectivity index (χ0v) is 10.5. The van der Waals surface area contributed by atoms with Gasteiger partial charge in [0.1, 0.15) is 0 Å². The fraction of sp³-hybridized carbons (Fsp3) is 0.417. The molecule has 0 heterocycles. The van der Waals surface area contributed by atoms with Crippen LogP contribution in [0.3, 0.4) is 0 Å². The number of carbonyl (C=O) groups excluding carboxylic acids is 1. The first-order valence-electron chi connectivity index (χ1n) is 5.63. The highest BCUT2D eigenvalue weighted by atomic mass is 35.5. The van der Waals surface area contributed by atoms with Crippen LogP contribution >= 0.6 is 11.6 Å². The zero-order valence-electron chi connectivity index (χ0n) is 9.74. The number of nitrogens with one attached hydrogen (secondary N) is 1. The van der Waals surface area contributed by atoms with Crippen LogP contribution in [0.15, 0.2) is 18.2 Å². The van der Waals surface area contributed by atoms with Crippen molar-refractivity contribution >= 4 is 23.2 Å². The summed E-state index contributed by atoms with van der Waals surface area (Å²) in [6.45, 7) is 0.801. The molecule has 17 heavy (non-hydrogen) atoms. The van der Waals surface area contributed by atoms with Crippen molar-refractivity contribution in [2.75, 3.05) is 19.0 Å². The maximum Gasteiger partial charge on any atom is 0.255 e. The summed E-state index contributed by atoms with van der Waals surface area (Å²) in [5.41, 5.74) is 3.64. The van der Waals surface area contributed by atoms with Crippen molar-refractivity contribution in [2.24, 2.45) is 11.8 Å². The van der Waals surface area contributed by atoms with Gasteiger partial charge in [-0.3, -0.25) is 10.6 Å². The van der Waals surface area contributed by atoms with E-state index in [2.05, 4.69) is 5.43 Å². The third kappa shape index (κ3) is 2.90. The van der Waals surface area contributed by atoms with Crippen LogP contribution in [0.5, 0.6) is 0 Å². The van der Waals surface area contributed by atoms with Gasteiger partial charge in [-0.05, 0) is 37.0 Å². The molecule has 0 spiro atoms. The molecular formula is C12H16ClN3O. The van der Waals surface area contributed by atoms with E-state index in [0.29, 0.717) is 22.2 Å². The number of hydrogen-bond donors (Lipinski definition) is 2. The first kappa shape index (κ1) is 12.2. The highest BCUT2D eigenvalue weighted by Gasteiger charge is 2.26. The molecule has 2 rings (SSSR count). The van der Waals surface area contributed by atoms with Crippen LogP contribution in [-0.4, -0.2) is 24.4 Å². The second kappa shape index (κ2) is 4.94. The van der Waals surface area contributed by atoms with Crippen LogP contribution in [0, 0.1) is 5.92 Å². The minimum Gasteiger partial charge on any atom is -0.341 e. The Bertz CT molecular complexity index is 432. The molecule has 0 aliphatic heterocycles. The van der Waals surface area contributed by atoms with Crippen molar-refractivity contribution in [1.29, 1.82) is 0 Å². The average Bonchev–Trinajstić information content (AvgIpc) is 3.11.